The van der Waals surface area contributed by atoms with Crippen LogP contribution in [0.25, 0.3) is 0 Å². The molecule has 2 rings (SSSR count). The number of methoxy groups -OCH3 is 1. The normalized spacial score (nSPS) is 10.0. The van der Waals surface area contributed by atoms with E-state index in [9.17, 15) is 9.59 Å². The van der Waals surface area contributed by atoms with Crippen molar-refractivity contribution < 1.29 is 14.3 Å². The van der Waals surface area contributed by atoms with Crippen molar-refractivity contribution in [3.05, 3.63) is 48.0 Å². The van der Waals surface area contributed by atoms with Gasteiger partial charge in [0.1, 0.15) is 5.75 Å². The van der Waals surface area contributed by atoms with Crippen molar-refractivity contribution >= 4 is 28.9 Å². The molecular formula is C18H21N3O3. The molecule has 0 radical (unpaired) electrons. The van der Waals surface area contributed by atoms with Crippen molar-refractivity contribution in [2.45, 2.75) is 6.92 Å². The number of ether oxygens (including phenoxy) is 1. The molecule has 0 aliphatic rings. The molecule has 0 heterocycles. The Morgan fingerprint density at radius 1 is 0.958 bits per heavy atom. The lowest BCUT2D eigenvalue weighted by molar-refractivity contribution is -0.133. The summed E-state index contributed by atoms with van der Waals surface area (Å²) >= 11 is 0. The van der Waals surface area contributed by atoms with Crippen molar-refractivity contribution in [2.24, 2.45) is 0 Å². The summed E-state index contributed by atoms with van der Waals surface area (Å²) in [5, 5.41) is 5.14. The van der Waals surface area contributed by atoms with E-state index in [1.54, 1.807) is 24.3 Å². The topological polar surface area (TPSA) is 70.7 Å². The Morgan fingerprint density at radius 2 is 1.58 bits per heavy atom. The van der Waals surface area contributed by atoms with Gasteiger partial charge in [-0.25, -0.2) is 0 Å². The number of nitrogens with one attached hydrogen (secondary N) is 2. The van der Waals surface area contributed by atoms with E-state index in [1.165, 1.54) is 7.11 Å². The average molecular weight is 327 g/mol. The van der Waals surface area contributed by atoms with E-state index >= 15 is 0 Å². The lowest BCUT2D eigenvalue weighted by atomic mass is 10.2. The summed E-state index contributed by atoms with van der Waals surface area (Å²) in [6.07, 6.45) is 0. The molecule has 0 aromatic heterocycles. The minimum atomic E-state index is -0.754. The highest BCUT2D eigenvalue weighted by Crippen LogP contribution is 2.25. The lowest BCUT2D eigenvalue weighted by Gasteiger charge is -2.13. The van der Waals surface area contributed by atoms with E-state index in [1.807, 2.05) is 44.1 Å². The molecule has 0 aliphatic heterocycles. The van der Waals surface area contributed by atoms with Crippen molar-refractivity contribution in [3.8, 4) is 5.75 Å². The van der Waals surface area contributed by atoms with Gasteiger partial charge < -0.3 is 20.3 Å². The van der Waals surface area contributed by atoms with Gasteiger partial charge in [0.2, 0.25) is 0 Å². The second kappa shape index (κ2) is 7.50. The fourth-order valence-electron chi connectivity index (χ4n) is 2.13. The number of carbonyl (C=O) groups excluding carboxylic acids is 2. The minimum Gasteiger partial charge on any atom is -0.495 e. The van der Waals surface area contributed by atoms with Gasteiger partial charge in [-0.3, -0.25) is 9.59 Å². The Labute approximate surface area is 141 Å². The number of rotatable bonds is 4. The van der Waals surface area contributed by atoms with Crippen LogP contribution in [0.1, 0.15) is 5.56 Å². The van der Waals surface area contributed by atoms with E-state index in [0.29, 0.717) is 17.1 Å². The quantitative estimate of drug-likeness (QED) is 0.847. The maximum Gasteiger partial charge on any atom is 0.314 e. The van der Waals surface area contributed by atoms with E-state index < -0.39 is 11.8 Å². The smallest absolute Gasteiger partial charge is 0.314 e. The Kier molecular flexibility index (Phi) is 5.42. The summed E-state index contributed by atoms with van der Waals surface area (Å²) < 4.78 is 5.18. The Morgan fingerprint density at radius 3 is 2.17 bits per heavy atom. The first-order chi connectivity index (χ1) is 11.4. The van der Waals surface area contributed by atoms with Gasteiger partial charge in [-0.05, 0) is 48.9 Å². The molecule has 2 aromatic rings. The Hall–Kier alpha value is -3.02. The average Bonchev–Trinajstić information content (AvgIpc) is 2.55. The molecule has 6 heteroatoms. The number of amides is 2. The summed E-state index contributed by atoms with van der Waals surface area (Å²) in [6.45, 7) is 1.89. The third-order valence-electron chi connectivity index (χ3n) is 3.45. The fraction of sp³-hybridized carbons (Fsp3) is 0.222. The van der Waals surface area contributed by atoms with Gasteiger partial charge in [0, 0.05) is 25.5 Å². The molecule has 0 aliphatic carbocycles. The van der Waals surface area contributed by atoms with E-state index in [4.69, 9.17) is 4.74 Å². The van der Waals surface area contributed by atoms with E-state index in [2.05, 4.69) is 10.6 Å². The van der Waals surface area contributed by atoms with Crippen LogP contribution in [-0.4, -0.2) is 33.0 Å². The molecule has 2 amide bonds. The van der Waals surface area contributed by atoms with Gasteiger partial charge >= 0.3 is 11.8 Å². The number of hydrogen-bond donors (Lipinski definition) is 2. The third-order valence-corrected chi connectivity index (χ3v) is 3.45. The molecule has 0 saturated heterocycles. The number of nitrogens with zero attached hydrogens (tertiary/aromatic N) is 1. The minimum absolute atomic E-state index is 0.459. The van der Waals surface area contributed by atoms with Crippen LogP contribution in [0.3, 0.4) is 0 Å². The van der Waals surface area contributed by atoms with Crippen LogP contribution < -0.4 is 20.3 Å². The highest BCUT2D eigenvalue weighted by Gasteiger charge is 2.16. The summed E-state index contributed by atoms with van der Waals surface area (Å²) in [5.41, 5.74) is 2.96. The number of hydrogen-bond acceptors (Lipinski definition) is 4. The van der Waals surface area contributed by atoms with Gasteiger partial charge in [0.15, 0.2) is 0 Å². The summed E-state index contributed by atoms with van der Waals surface area (Å²) in [6, 6.07) is 12.6. The number of aryl methyl sites for hydroxylation is 1. The Bertz CT molecular complexity index is 740. The van der Waals surface area contributed by atoms with Crippen molar-refractivity contribution in [1.29, 1.82) is 0 Å². The molecule has 0 unspecified atom stereocenters. The largest absolute Gasteiger partial charge is 0.495 e. The standard InChI is InChI=1S/C18H21N3O3/c1-12-5-10-16(24-4)15(11-12)20-18(23)17(22)19-13-6-8-14(9-7-13)21(2)3/h5-11H,1-4H3,(H,19,22)(H,20,23). The zero-order valence-electron chi connectivity index (χ0n) is 14.2. The lowest BCUT2D eigenvalue weighted by Crippen LogP contribution is -2.29. The van der Waals surface area contributed by atoms with E-state index in [-0.39, 0.29) is 0 Å². The molecule has 0 saturated carbocycles. The molecule has 6 nitrogen and oxygen atoms in total. The van der Waals surface area contributed by atoms with Gasteiger partial charge in [-0.1, -0.05) is 6.07 Å². The maximum absolute atomic E-state index is 12.1. The summed E-state index contributed by atoms with van der Waals surface area (Å²) in [5.74, 6) is -0.996. The molecular weight excluding hydrogens is 306 g/mol. The monoisotopic (exact) mass is 327 g/mol. The van der Waals surface area contributed by atoms with Crippen LogP contribution in [-0.2, 0) is 9.59 Å². The zero-order chi connectivity index (χ0) is 17.7. The molecule has 2 aromatic carbocycles. The molecule has 0 atom stereocenters. The molecule has 0 bridgehead atoms. The highest BCUT2D eigenvalue weighted by molar-refractivity contribution is 6.43. The molecule has 126 valence electrons. The van der Waals surface area contributed by atoms with Crippen LogP contribution in [0.5, 0.6) is 5.75 Å². The fourth-order valence-corrected chi connectivity index (χ4v) is 2.13. The van der Waals surface area contributed by atoms with Gasteiger partial charge in [0.25, 0.3) is 0 Å². The molecule has 24 heavy (non-hydrogen) atoms. The SMILES string of the molecule is COc1ccc(C)cc1NC(=O)C(=O)Nc1ccc(N(C)C)cc1. The van der Waals surface area contributed by atoms with Gasteiger partial charge in [0.05, 0.1) is 12.8 Å². The second-order valence-corrected chi connectivity index (χ2v) is 5.55. The van der Waals surface area contributed by atoms with Gasteiger partial charge in [-0.2, -0.15) is 0 Å². The molecule has 2 N–H and O–H groups in total. The third kappa shape index (κ3) is 4.25. The van der Waals surface area contributed by atoms with Crippen LogP contribution in [0.2, 0.25) is 0 Å². The van der Waals surface area contributed by atoms with Gasteiger partial charge in [-0.15, -0.1) is 0 Å². The van der Waals surface area contributed by atoms with E-state index in [0.717, 1.165) is 11.3 Å². The maximum atomic E-state index is 12.1. The van der Waals surface area contributed by atoms with Crippen LogP contribution in [0, 0.1) is 6.92 Å². The van der Waals surface area contributed by atoms with Crippen LogP contribution >= 0.6 is 0 Å². The first-order valence-electron chi connectivity index (χ1n) is 7.45. The number of benzene rings is 2. The first kappa shape index (κ1) is 17.3. The van der Waals surface area contributed by atoms with Crippen molar-refractivity contribution in [1.82, 2.24) is 0 Å². The highest BCUT2D eigenvalue weighted by atomic mass is 16.5. The van der Waals surface area contributed by atoms with Crippen molar-refractivity contribution in [2.75, 3.05) is 36.7 Å². The summed E-state index contributed by atoms with van der Waals surface area (Å²) in [4.78, 5) is 26.1. The molecule has 0 spiro atoms. The van der Waals surface area contributed by atoms with Crippen LogP contribution in [0.15, 0.2) is 42.5 Å². The predicted octanol–water partition coefficient (Wildman–Crippen LogP) is 2.65. The van der Waals surface area contributed by atoms with Crippen molar-refractivity contribution in [3.63, 3.8) is 0 Å². The molecule has 0 fully saturated rings. The van der Waals surface area contributed by atoms with Crippen LogP contribution in [0.4, 0.5) is 17.1 Å². The second-order valence-electron chi connectivity index (χ2n) is 5.55. The summed E-state index contributed by atoms with van der Waals surface area (Å²) in [7, 11) is 5.36. The zero-order valence-corrected chi connectivity index (χ0v) is 14.2. The first-order valence-corrected chi connectivity index (χ1v) is 7.45. The predicted molar refractivity (Wildman–Crippen MR) is 95.8 cm³/mol. The Balaban J connectivity index is 2.05. The number of anilines is 3. The number of carbonyl (C=O) groups is 2.